The zero-order valence-electron chi connectivity index (χ0n) is 14.4. The van der Waals surface area contributed by atoms with E-state index in [0.717, 1.165) is 19.4 Å². The molecule has 0 radical (unpaired) electrons. The van der Waals surface area contributed by atoms with Gasteiger partial charge in [-0.3, -0.25) is 10.00 Å². The maximum Gasteiger partial charge on any atom is 0.342 e. The number of sulfonamides is 1. The highest BCUT2D eigenvalue weighted by Crippen LogP contribution is 2.19. The molecule has 0 bridgehead atoms. The van der Waals surface area contributed by atoms with Gasteiger partial charge >= 0.3 is 5.97 Å². The molecule has 0 spiro atoms. The summed E-state index contributed by atoms with van der Waals surface area (Å²) in [7, 11) is -3.86. The fraction of sp³-hybridized carbons (Fsp3) is 0.733. The van der Waals surface area contributed by atoms with Crippen LogP contribution in [-0.2, 0) is 14.8 Å². The number of aromatic amines is 1. The van der Waals surface area contributed by atoms with Crippen LogP contribution in [0.25, 0.3) is 0 Å². The third-order valence-electron chi connectivity index (χ3n) is 4.36. The lowest BCUT2D eigenvalue weighted by atomic mass is 10.0. The van der Waals surface area contributed by atoms with Gasteiger partial charge in [0.15, 0.2) is 5.03 Å². The predicted molar refractivity (Wildman–Crippen MR) is 89.2 cm³/mol. The molecule has 0 saturated carbocycles. The van der Waals surface area contributed by atoms with Gasteiger partial charge < -0.3 is 4.74 Å². The molecule has 2 rings (SSSR count). The van der Waals surface area contributed by atoms with Gasteiger partial charge in [0, 0.05) is 18.6 Å². The van der Waals surface area contributed by atoms with Crippen LogP contribution in [0.3, 0.4) is 0 Å². The summed E-state index contributed by atoms with van der Waals surface area (Å²) in [6.07, 6.45) is 4.65. The molecule has 2 atom stereocenters. The van der Waals surface area contributed by atoms with Crippen molar-refractivity contribution in [3.8, 4) is 0 Å². The summed E-state index contributed by atoms with van der Waals surface area (Å²) in [6, 6.07) is 0.518. The number of nitrogens with one attached hydrogen (secondary N) is 2. The van der Waals surface area contributed by atoms with E-state index in [-0.39, 0.29) is 29.8 Å². The number of hydrogen-bond acceptors (Lipinski definition) is 6. The Kier molecular flexibility index (Phi) is 6.36. The van der Waals surface area contributed by atoms with Crippen molar-refractivity contribution < 1.29 is 17.9 Å². The van der Waals surface area contributed by atoms with E-state index in [1.54, 1.807) is 6.92 Å². The zero-order valence-corrected chi connectivity index (χ0v) is 15.2. The molecule has 1 aromatic rings. The summed E-state index contributed by atoms with van der Waals surface area (Å²) in [5.41, 5.74) is -0.0802. The summed E-state index contributed by atoms with van der Waals surface area (Å²) in [6.45, 7) is 7.24. The van der Waals surface area contributed by atoms with E-state index >= 15 is 0 Å². The summed E-state index contributed by atoms with van der Waals surface area (Å²) >= 11 is 0. The van der Waals surface area contributed by atoms with Crippen LogP contribution >= 0.6 is 0 Å². The first-order chi connectivity index (χ1) is 11.4. The van der Waals surface area contributed by atoms with Gasteiger partial charge in [-0.05, 0) is 40.2 Å². The summed E-state index contributed by atoms with van der Waals surface area (Å²) in [5.74, 6) is -0.704. The number of esters is 1. The molecule has 1 aromatic heterocycles. The van der Waals surface area contributed by atoms with Crippen molar-refractivity contribution in [2.75, 3.05) is 19.7 Å². The van der Waals surface area contributed by atoms with Crippen LogP contribution in [0.4, 0.5) is 0 Å². The first kappa shape index (κ1) is 18.9. The number of rotatable bonds is 7. The predicted octanol–water partition coefficient (Wildman–Crippen LogP) is 1.13. The normalized spacial score (nSPS) is 20.7. The van der Waals surface area contributed by atoms with Crippen LogP contribution in [-0.4, -0.2) is 61.3 Å². The Morgan fingerprint density at radius 2 is 2.29 bits per heavy atom. The summed E-state index contributed by atoms with van der Waals surface area (Å²) in [4.78, 5) is 14.1. The van der Waals surface area contributed by atoms with Crippen molar-refractivity contribution in [1.29, 1.82) is 0 Å². The second-order valence-corrected chi connectivity index (χ2v) is 7.82. The lowest BCUT2D eigenvalue weighted by molar-refractivity contribution is 0.0522. The Balaban J connectivity index is 2.04. The number of likely N-dealkylation sites (tertiary alicyclic amines) is 1. The van der Waals surface area contributed by atoms with Crippen molar-refractivity contribution in [2.24, 2.45) is 0 Å². The number of nitrogens with zero attached hydrogens (tertiary/aromatic N) is 2. The van der Waals surface area contributed by atoms with Gasteiger partial charge in [-0.2, -0.15) is 5.10 Å². The number of hydrogen-bond donors (Lipinski definition) is 2. The van der Waals surface area contributed by atoms with Gasteiger partial charge in [-0.1, -0.05) is 6.42 Å². The third kappa shape index (κ3) is 4.34. The maximum absolute atomic E-state index is 12.5. The fourth-order valence-electron chi connectivity index (χ4n) is 3.03. The number of ether oxygens (including phenoxy) is 1. The Bertz CT molecular complexity index is 658. The van der Waals surface area contributed by atoms with Crippen molar-refractivity contribution in [2.45, 2.75) is 57.1 Å². The molecule has 2 N–H and O–H groups in total. The van der Waals surface area contributed by atoms with Crippen LogP contribution < -0.4 is 4.72 Å². The lowest BCUT2D eigenvalue weighted by Crippen LogP contribution is -2.48. The van der Waals surface area contributed by atoms with E-state index in [4.69, 9.17) is 4.74 Å². The molecule has 136 valence electrons. The monoisotopic (exact) mass is 358 g/mol. The number of carbonyl (C=O) groups is 1. The standard InChI is InChI=1S/C15H26N4O4S/c1-4-23-15(20)13-10-16-18-14(13)24(21,22)17-9-12(3)19-8-6-5-7-11(19)2/h10-12,17H,4-9H2,1-3H3,(H,16,18)/t11-,12-/m0/s1. The highest BCUT2D eigenvalue weighted by molar-refractivity contribution is 7.89. The van der Waals surface area contributed by atoms with Crippen molar-refractivity contribution in [1.82, 2.24) is 19.8 Å². The minimum atomic E-state index is -3.86. The molecule has 1 fully saturated rings. The number of H-pyrrole nitrogens is 1. The minimum Gasteiger partial charge on any atom is -0.462 e. The highest BCUT2D eigenvalue weighted by atomic mass is 32.2. The smallest absolute Gasteiger partial charge is 0.342 e. The molecule has 0 amide bonds. The van der Waals surface area contributed by atoms with Gasteiger partial charge in [0.25, 0.3) is 10.0 Å². The first-order valence-electron chi connectivity index (χ1n) is 8.32. The quantitative estimate of drug-likeness (QED) is 0.708. The number of carbonyl (C=O) groups excluding carboxylic acids is 1. The minimum absolute atomic E-state index is 0.0732. The molecule has 1 aliphatic heterocycles. The van der Waals surface area contributed by atoms with Crippen molar-refractivity contribution >= 4 is 16.0 Å². The zero-order chi connectivity index (χ0) is 17.7. The molecular weight excluding hydrogens is 332 g/mol. The van der Waals surface area contributed by atoms with Gasteiger partial charge in [-0.15, -0.1) is 0 Å². The SMILES string of the molecule is CCOC(=O)c1cn[nH]c1S(=O)(=O)NC[C@H](C)N1CCCC[C@@H]1C. The van der Waals surface area contributed by atoms with Crippen LogP contribution in [0.1, 0.15) is 50.4 Å². The second-order valence-electron chi connectivity index (χ2n) is 6.12. The van der Waals surface area contributed by atoms with Crippen LogP contribution in [0, 0.1) is 0 Å². The first-order valence-corrected chi connectivity index (χ1v) is 9.81. The summed E-state index contributed by atoms with van der Waals surface area (Å²) < 4.78 is 32.4. The van der Waals surface area contributed by atoms with E-state index < -0.39 is 16.0 Å². The largest absolute Gasteiger partial charge is 0.462 e. The highest BCUT2D eigenvalue weighted by Gasteiger charge is 2.28. The van der Waals surface area contributed by atoms with Gasteiger partial charge in [0.05, 0.1) is 12.8 Å². The van der Waals surface area contributed by atoms with Crippen molar-refractivity contribution in [3.63, 3.8) is 0 Å². The number of aromatic nitrogens is 2. The molecule has 8 nitrogen and oxygen atoms in total. The second kappa shape index (κ2) is 8.09. The van der Waals surface area contributed by atoms with Crippen molar-refractivity contribution in [3.05, 3.63) is 11.8 Å². The van der Waals surface area contributed by atoms with Crippen LogP contribution in [0.5, 0.6) is 0 Å². The van der Waals surface area contributed by atoms with Gasteiger partial charge in [0.2, 0.25) is 0 Å². The van der Waals surface area contributed by atoms with E-state index in [2.05, 4.69) is 26.7 Å². The Labute approximate surface area is 143 Å². The molecule has 0 aromatic carbocycles. The van der Waals surface area contributed by atoms with Gasteiger partial charge in [-0.25, -0.2) is 17.9 Å². The Hall–Kier alpha value is -1.45. The fourth-order valence-corrected chi connectivity index (χ4v) is 4.23. The third-order valence-corrected chi connectivity index (χ3v) is 5.75. The summed E-state index contributed by atoms with van der Waals surface area (Å²) in [5, 5.41) is 5.80. The molecule has 9 heteroatoms. The molecule has 24 heavy (non-hydrogen) atoms. The topological polar surface area (TPSA) is 104 Å². The molecule has 0 aliphatic carbocycles. The molecule has 1 aliphatic rings. The van der Waals surface area contributed by atoms with E-state index in [1.807, 2.05) is 6.92 Å². The molecule has 1 saturated heterocycles. The van der Waals surface area contributed by atoms with Crippen LogP contribution in [0.2, 0.25) is 0 Å². The van der Waals surface area contributed by atoms with Crippen LogP contribution in [0.15, 0.2) is 11.2 Å². The average Bonchev–Trinajstić information content (AvgIpc) is 3.04. The Morgan fingerprint density at radius 1 is 1.54 bits per heavy atom. The van der Waals surface area contributed by atoms with E-state index in [1.165, 1.54) is 12.6 Å². The molecule has 2 heterocycles. The Morgan fingerprint density at radius 3 is 2.96 bits per heavy atom. The molecule has 0 unspecified atom stereocenters. The maximum atomic E-state index is 12.5. The number of piperidine rings is 1. The average molecular weight is 358 g/mol. The van der Waals surface area contributed by atoms with E-state index in [9.17, 15) is 13.2 Å². The van der Waals surface area contributed by atoms with E-state index in [0.29, 0.717) is 6.04 Å². The lowest BCUT2D eigenvalue weighted by Gasteiger charge is -2.38. The van der Waals surface area contributed by atoms with Gasteiger partial charge in [0.1, 0.15) is 5.56 Å². The molecular formula is C15H26N4O4S.